The Hall–Kier alpha value is -3.03. The Morgan fingerprint density at radius 2 is 1.91 bits per heavy atom. The van der Waals surface area contributed by atoms with Crippen LogP contribution in [-0.4, -0.2) is 36.0 Å². The van der Waals surface area contributed by atoms with Gasteiger partial charge in [0.15, 0.2) is 17.0 Å². The van der Waals surface area contributed by atoms with Crippen LogP contribution in [0.4, 0.5) is 0 Å². The molecule has 0 bridgehead atoms. The number of benzene rings is 2. The number of fused-ring (bicyclic) bond motifs is 1. The van der Waals surface area contributed by atoms with E-state index in [2.05, 4.69) is 15.3 Å². The Kier molecular flexibility index (Phi) is 5.54. The number of hydrogen-bond donors (Lipinski definition) is 1. The number of rotatable bonds is 6. The number of aliphatic carboxylic acids is 1. The maximum atomic E-state index is 11.6. The van der Waals surface area contributed by atoms with E-state index in [9.17, 15) is 9.90 Å². The van der Waals surface area contributed by atoms with Crippen molar-refractivity contribution in [3.05, 3.63) is 69.3 Å². The molecule has 0 spiro atoms. The van der Waals surface area contributed by atoms with Crippen molar-refractivity contribution in [2.75, 3.05) is 0 Å². The van der Waals surface area contributed by atoms with Crippen LogP contribution in [0.15, 0.2) is 42.6 Å². The number of halogens is 2. The zero-order valence-electron chi connectivity index (χ0n) is 18.0. The van der Waals surface area contributed by atoms with Crippen LogP contribution < -0.4 is 0 Å². The average molecular weight is 482 g/mol. The molecule has 1 fully saturated rings. The molecular weight excluding hydrogens is 461 g/mol. The zero-order chi connectivity index (χ0) is 23.3. The topological polar surface area (TPSA) is 93.8 Å². The Labute approximate surface area is 200 Å². The van der Waals surface area contributed by atoms with Crippen molar-refractivity contribution in [1.29, 1.82) is 0 Å². The summed E-state index contributed by atoms with van der Waals surface area (Å²) in [5.74, 6) is -0.727. The molecule has 2 heterocycles. The van der Waals surface area contributed by atoms with Crippen LogP contribution in [0.5, 0.6) is 0 Å². The number of aromatic nitrogens is 5. The Morgan fingerprint density at radius 3 is 2.64 bits per heavy atom. The zero-order valence-corrected chi connectivity index (χ0v) is 19.5. The lowest BCUT2D eigenvalue weighted by molar-refractivity contribution is -0.138. The lowest BCUT2D eigenvalue weighted by atomic mass is 9.95. The molecule has 0 saturated heterocycles. The van der Waals surface area contributed by atoms with Crippen LogP contribution in [0.25, 0.3) is 22.6 Å². The average Bonchev–Trinajstić information content (AvgIpc) is 3.56. The van der Waals surface area contributed by atoms with Crippen molar-refractivity contribution >= 4 is 40.3 Å². The van der Waals surface area contributed by atoms with Crippen LogP contribution in [0.1, 0.15) is 61.3 Å². The van der Waals surface area contributed by atoms with Crippen molar-refractivity contribution in [2.24, 2.45) is 0 Å². The van der Waals surface area contributed by atoms with Crippen molar-refractivity contribution in [1.82, 2.24) is 25.0 Å². The third-order valence-electron chi connectivity index (χ3n) is 6.21. The van der Waals surface area contributed by atoms with E-state index in [0.717, 1.165) is 24.0 Å². The van der Waals surface area contributed by atoms with Crippen molar-refractivity contribution in [2.45, 2.75) is 44.6 Å². The molecule has 1 saturated carbocycles. The van der Waals surface area contributed by atoms with Gasteiger partial charge in [0.05, 0.1) is 23.2 Å². The van der Waals surface area contributed by atoms with Crippen LogP contribution in [-0.2, 0) is 4.79 Å². The van der Waals surface area contributed by atoms with E-state index in [1.54, 1.807) is 23.9 Å². The molecule has 0 amide bonds. The lowest BCUT2D eigenvalue weighted by Crippen LogP contribution is -2.12. The van der Waals surface area contributed by atoms with Gasteiger partial charge in [-0.05, 0) is 49.8 Å². The summed E-state index contributed by atoms with van der Waals surface area (Å²) in [7, 11) is 0. The summed E-state index contributed by atoms with van der Waals surface area (Å²) in [6, 6.07) is 10.8. The Balaban J connectivity index is 1.62. The van der Waals surface area contributed by atoms with Crippen LogP contribution >= 0.6 is 23.2 Å². The molecule has 168 valence electrons. The van der Waals surface area contributed by atoms with Gasteiger partial charge in [-0.15, -0.1) is 5.10 Å². The highest BCUT2D eigenvalue weighted by Crippen LogP contribution is 2.47. The highest BCUT2D eigenvalue weighted by molar-refractivity contribution is 6.36. The van der Waals surface area contributed by atoms with Gasteiger partial charge in [-0.3, -0.25) is 4.79 Å². The maximum Gasteiger partial charge on any atom is 0.310 e. The molecule has 2 aromatic heterocycles. The fraction of sp³-hybridized carbons (Fsp3) is 0.292. The van der Waals surface area contributed by atoms with E-state index in [4.69, 9.17) is 28.2 Å². The first-order chi connectivity index (χ1) is 15.9. The van der Waals surface area contributed by atoms with E-state index in [1.807, 2.05) is 37.3 Å². The molecule has 0 radical (unpaired) electrons. The number of carboxylic acid groups (broad SMARTS) is 1. The van der Waals surface area contributed by atoms with Gasteiger partial charge in [-0.25, -0.2) is 14.6 Å². The van der Waals surface area contributed by atoms with Crippen LogP contribution in [0, 0.1) is 0 Å². The summed E-state index contributed by atoms with van der Waals surface area (Å²) in [5.41, 5.74) is 4.24. The van der Waals surface area contributed by atoms with E-state index in [-0.39, 0.29) is 6.04 Å². The normalized spacial score (nSPS) is 15.5. The molecule has 0 aliphatic heterocycles. The van der Waals surface area contributed by atoms with Gasteiger partial charge < -0.3 is 5.11 Å². The predicted octanol–water partition coefficient (Wildman–Crippen LogP) is 5.87. The van der Waals surface area contributed by atoms with Crippen LogP contribution in [0.3, 0.4) is 0 Å². The van der Waals surface area contributed by atoms with Gasteiger partial charge in [0.25, 0.3) is 0 Å². The summed E-state index contributed by atoms with van der Waals surface area (Å²) in [6.07, 6.45) is 3.86. The SMILES string of the molecule is CC(C(=O)O)c1ccccc1-c1ncc2nnn([C@H](C)c3c(Cl)ccc(C4CC4)c3Cl)c2n1. The minimum Gasteiger partial charge on any atom is -0.481 e. The number of hydrogen-bond acceptors (Lipinski definition) is 5. The molecule has 1 aliphatic carbocycles. The number of nitrogens with zero attached hydrogens (tertiary/aromatic N) is 5. The fourth-order valence-electron chi connectivity index (χ4n) is 4.15. The molecule has 5 rings (SSSR count). The second-order valence-electron chi connectivity index (χ2n) is 8.40. The largest absolute Gasteiger partial charge is 0.481 e. The molecular formula is C24H21Cl2N5O2. The third kappa shape index (κ3) is 3.85. The van der Waals surface area contributed by atoms with Gasteiger partial charge >= 0.3 is 5.97 Å². The minimum atomic E-state index is -0.913. The van der Waals surface area contributed by atoms with Crippen LogP contribution in [0.2, 0.25) is 10.0 Å². The quantitative estimate of drug-likeness (QED) is 0.370. The standard InChI is InChI=1S/C24H21Cl2N5O2/c1-12(24(32)33)15-5-3-4-6-17(15)22-27-11-19-23(28-22)31(30-29-19)13(2)20-18(25)10-9-16(21(20)26)14-7-8-14/h3-6,9-14H,7-8H2,1-2H3,(H,32,33)/t12?,13-/m1/s1. The highest BCUT2D eigenvalue weighted by Gasteiger charge is 2.30. The lowest BCUT2D eigenvalue weighted by Gasteiger charge is -2.18. The first-order valence-corrected chi connectivity index (χ1v) is 11.5. The second-order valence-corrected chi connectivity index (χ2v) is 9.18. The maximum absolute atomic E-state index is 11.6. The molecule has 33 heavy (non-hydrogen) atoms. The highest BCUT2D eigenvalue weighted by atomic mass is 35.5. The predicted molar refractivity (Wildman–Crippen MR) is 127 cm³/mol. The monoisotopic (exact) mass is 481 g/mol. The summed E-state index contributed by atoms with van der Waals surface area (Å²) >= 11 is 13.4. The van der Waals surface area contributed by atoms with Crippen molar-refractivity contribution in [3.63, 3.8) is 0 Å². The summed E-state index contributed by atoms with van der Waals surface area (Å²) in [6.45, 7) is 3.60. The Morgan fingerprint density at radius 1 is 1.15 bits per heavy atom. The molecule has 1 N–H and O–H groups in total. The molecule has 7 nitrogen and oxygen atoms in total. The van der Waals surface area contributed by atoms with Gasteiger partial charge in [-0.1, -0.05) is 58.7 Å². The molecule has 9 heteroatoms. The minimum absolute atomic E-state index is 0.315. The van der Waals surface area contributed by atoms with Gasteiger partial charge in [0, 0.05) is 16.1 Å². The van der Waals surface area contributed by atoms with E-state index >= 15 is 0 Å². The third-order valence-corrected chi connectivity index (χ3v) is 6.96. The Bertz CT molecular complexity index is 1380. The van der Waals surface area contributed by atoms with Gasteiger partial charge in [-0.2, -0.15) is 0 Å². The molecule has 2 atom stereocenters. The fourth-order valence-corrected chi connectivity index (χ4v) is 4.99. The van der Waals surface area contributed by atoms with Crippen molar-refractivity contribution in [3.8, 4) is 11.4 Å². The summed E-state index contributed by atoms with van der Waals surface area (Å²) < 4.78 is 1.69. The van der Waals surface area contributed by atoms with Gasteiger partial charge in [0.2, 0.25) is 0 Å². The first-order valence-electron chi connectivity index (χ1n) is 10.7. The number of carboxylic acids is 1. The molecule has 4 aromatic rings. The first kappa shape index (κ1) is 21.8. The second kappa shape index (κ2) is 8.39. The molecule has 2 aromatic carbocycles. The smallest absolute Gasteiger partial charge is 0.310 e. The van der Waals surface area contributed by atoms with Gasteiger partial charge in [0.1, 0.15) is 0 Å². The van der Waals surface area contributed by atoms with E-state index in [1.165, 1.54) is 0 Å². The van der Waals surface area contributed by atoms with Crippen molar-refractivity contribution < 1.29 is 9.90 Å². The van der Waals surface area contributed by atoms with E-state index < -0.39 is 11.9 Å². The number of carbonyl (C=O) groups is 1. The molecule has 1 aliphatic rings. The summed E-state index contributed by atoms with van der Waals surface area (Å²) in [5, 5.41) is 19.3. The summed E-state index contributed by atoms with van der Waals surface area (Å²) in [4.78, 5) is 20.8. The van der Waals surface area contributed by atoms with E-state index in [0.29, 0.717) is 44.1 Å². The molecule has 1 unspecified atom stereocenters.